The molecule has 0 aliphatic carbocycles. The molecule has 1 heterocycles. The van der Waals surface area contributed by atoms with Gasteiger partial charge in [-0.15, -0.1) is 0 Å². The van der Waals surface area contributed by atoms with E-state index in [1.54, 1.807) is 6.92 Å². The Morgan fingerprint density at radius 1 is 1.56 bits per heavy atom. The van der Waals surface area contributed by atoms with Crippen molar-refractivity contribution in [3.8, 4) is 0 Å². The van der Waals surface area contributed by atoms with Crippen LogP contribution < -0.4 is 5.32 Å². The van der Waals surface area contributed by atoms with Crippen LogP contribution in [0, 0.1) is 0 Å². The van der Waals surface area contributed by atoms with Gasteiger partial charge < -0.3 is 10.4 Å². The molecule has 0 saturated carbocycles. The van der Waals surface area contributed by atoms with Gasteiger partial charge in [0.15, 0.2) is 0 Å². The number of halogens is 1. The lowest BCUT2D eigenvalue weighted by molar-refractivity contribution is 0.0842. The number of aliphatic hydroxyl groups excluding tert-OH is 1. The molecule has 6 heteroatoms. The summed E-state index contributed by atoms with van der Waals surface area (Å²) in [6.07, 6.45) is 3.22. The summed E-state index contributed by atoms with van der Waals surface area (Å²) in [5.41, 5.74) is -0.462. The molecule has 0 aliphatic heterocycles. The van der Waals surface area contributed by atoms with Crippen molar-refractivity contribution in [2.45, 2.75) is 25.8 Å². The summed E-state index contributed by atoms with van der Waals surface area (Å²) >= 11 is 5.56. The molecule has 16 heavy (non-hydrogen) atoms. The van der Waals surface area contributed by atoms with Crippen LogP contribution in [0.25, 0.3) is 0 Å². The van der Waals surface area contributed by atoms with E-state index in [1.165, 1.54) is 12.4 Å². The van der Waals surface area contributed by atoms with Crippen molar-refractivity contribution in [3.05, 3.63) is 23.2 Å². The molecule has 5 nitrogen and oxygen atoms in total. The highest BCUT2D eigenvalue weighted by Gasteiger charge is 2.24. The van der Waals surface area contributed by atoms with Crippen molar-refractivity contribution in [2.24, 2.45) is 0 Å². The third-order valence-corrected chi connectivity index (χ3v) is 2.59. The van der Waals surface area contributed by atoms with Crippen LogP contribution in [0.1, 0.15) is 30.8 Å². The van der Waals surface area contributed by atoms with Crippen molar-refractivity contribution >= 4 is 17.5 Å². The molecule has 2 N–H and O–H groups in total. The number of aromatic nitrogens is 2. The minimum atomic E-state index is -0.640. The highest BCUT2D eigenvalue weighted by Crippen LogP contribution is 2.09. The van der Waals surface area contributed by atoms with Gasteiger partial charge in [0, 0.05) is 0 Å². The third kappa shape index (κ3) is 3.15. The molecule has 0 aliphatic rings. The third-order valence-electron chi connectivity index (χ3n) is 2.40. The molecular formula is C10H14ClN3O2. The number of nitrogens with one attached hydrogen (secondary N) is 1. The summed E-state index contributed by atoms with van der Waals surface area (Å²) in [6, 6.07) is 0. The molecule has 1 unspecified atom stereocenters. The normalized spacial score (nSPS) is 14.2. The van der Waals surface area contributed by atoms with Crippen molar-refractivity contribution < 1.29 is 9.90 Å². The number of carbonyl (C=O) groups excluding carboxylic acids is 1. The van der Waals surface area contributed by atoms with Crippen molar-refractivity contribution in [2.75, 3.05) is 6.61 Å². The molecule has 88 valence electrons. The number of aliphatic hydroxyl groups is 1. The van der Waals surface area contributed by atoms with Crippen LogP contribution in [0.5, 0.6) is 0 Å². The van der Waals surface area contributed by atoms with Crippen LogP contribution in [-0.2, 0) is 0 Å². The Labute approximate surface area is 98.9 Å². The summed E-state index contributed by atoms with van der Waals surface area (Å²) < 4.78 is 0. The zero-order chi connectivity index (χ0) is 12.2. The second-order valence-corrected chi connectivity index (χ2v) is 4.14. The second-order valence-electron chi connectivity index (χ2n) is 3.75. The molecule has 0 radical (unpaired) electrons. The standard InChI is InChI=1S/C10H14ClN3O2/c1-3-10(2,6-15)14-9(16)7-4-13-8(11)5-12-7/h4-5,15H,3,6H2,1-2H3,(H,14,16). The molecule has 0 bridgehead atoms. The molecule has 1 atom stereocenters. The van der Waals surface area contributed by atoms with Crippen LogP contribution in [0.2, 0.25) is 5.15 Å². The van der Waals surface area contributed by atoms with Crippen LogP contribution in [0.15, 0.2) is 12.4 Å². The molecular weight excluding hydrogens is 230 g/mol. The number of hydrogen-bond donors (Lipinski definition) is 2. The largest absolute Gasteiger partial charge is 0.394 e. The summed E-state index contributed by atoms with van der Waals surface area (Å²) in [5.74, 6) is -0.373. The fraction of sp³-hybridized carbons (Fsp3) is 0.500. The fourth-order valence-corrected chi connectivity index (χ4v) is 1.10. The van der Waals surface area contributed by atoms with E-state index in [0.29, 0.717) is 6.42 Å². The number of carbonyl (C=O) groups is 1. The summed E-state index contributed by atoms with van der Waals surface area (Å²) in [5, 5.41) is 12.1. The SMILES string of the molecule is CCC(C)(CO)NC(=O)c1cnc(Cl)cn1. The number of amides is 1. The van der Waals surface area contributed by atoms with Gasteiger partial charge in [-0.1, -0.05) is 18.5 Å². The molecule has 1 amide bonds. The topological polar surface area (TPSA) is 75.1 Å². The van der Waals surface area contributed by atoms with E-state index in [2.05, 4.69) is 15.3 Å². The van der Waals surface area contributed by atoms with Gasteiger partial charge in [0.25, 0.3) is 5.91 Å². The first-order valence-electron chi connectivity index (χ1n) is 4.91. The maximum atomic E-state index is 11.7. The van der Waals surface area contributed by atoms with Crippen molar-refractivity contribution in [3.63, 3.8) is 0 Å². The zero-order valence-electron chi connectivity index (χ0n) is 9.20. The molecule has 0 saturated heterocycles. The van der Waals surface area contributed by atoms with E-state index in [-0.39, 0.29) is 23.4 Å². The first-order valence-corrected chi connectivity index (χ1v) is 5.29. The summed E-state index contributed by atoms with van der Waals surface area (Å²) in [7, 11) is 0. The van der Waals surface area contributed by atoms with E-state index in [1.807, 2.05) is 6.92 Å². The molecule has 1 aromatic rings. The monoisotopic (exact) mass is 243 g/mol. The van der Waals surface area contributed by atoms with Crippen LogP contribution >= 0.6 is 11.6 Å². The first kappa shape index (κ1) is 12.9. The Morgan fingerprint density at radius 3 is 2.69 bits per heavy atom. The quantitative estimate of drug-likeness (QED) is 0.828. The average molecular weight is 244 g/mol. The Bertz CT molecular complexity index is 363. The Balaban J connectivity index is 2.76. The zero-order valence-corrected chi connectivity index (χ0v) is 9.95. The fourth-order valence-electron chi connectivity index (χ4n) is 1.01. The van der Waals surface area contributed by atoms with Gasteiger partial charge in [-0.3, -0.25) is 4.79 Å². The number of hydrogen-bond acceptors (Lipinski definition) is 4. The van der Waals surface area contributed by atoms with Crippen LogP contribution in [0.4, 0.5) is 0 Å². The molecule has 0 spiro atoms. The van der Waals surface area contributed by atoms with Gasteiger partial charge in [-0.25, -0.2) is 9.97 Å². The molecule has 0 fully saturated rings. The van der Waals surface area contributed by atoms with Crippen molar-refractivity contribution in [1.82, 2.24) is 15.3 Å². The number of nitrogens with zero attached hydrogens (tertiary/aromatic N) is 2. The molecule has 1 rings (SSSR count). The molecule has 0 aromatic carbocycles. The minimum Gasteiger partial charge on any atom is -0.394 e. The lowest BCUT2D eigenvalue weighted by Crippen LogP contribution is -2.48. The highest BCUT2D eigenvalue weighted by molar-refractivity contribution is 6.29. The average Bonchev–Trinajstić information content (AvgIpc) is 2.29. The Morgan fingerprint density at radius 2 is 2.25 bits per heavy atom. The predicted octanol–water partition coefficient (Wildman–Crippen LogP) is 1.02. The first-order chi connectivity index (χ1) is 7.50. The maximum absolute atomic E-state index is 11.7. The van der Waals surface area contributed by atoms with Gasteiger partial charge in [0.1, 0.15) is 10.8 Å². The number of rotatable bonds is 4. The smallest absolute Gasteiger partial charge is 0.271 e. The van der Waals surface area contributed by atoms with E-state index in [0.717, 1.165) is 0 Å². The van der Waals surface area contributed by atoms with Gasteiger partial charge in [-0.05, 0) is 13.3 Å². The van der Waals surface area contributed by atoms with Crippen molar-refractivity contribution in [1.29, 1.82) is 0 Å². The predicted molar refractivity (Wildman–Crippen MR) is 60.3 cm³/mol. The lowest BCUT2D eigenvalue weighted by atomic mass is 10.0. The highest BCUT2D eigenvalue weighted by atomic mass is 35.5. The summed E-state index contributed by atoms with van der Waals surface area (Å²) in [6.45, 7) is 3.51. The van der Waals surface area contributed by atoms with E-state index >= 15 is 0 Å². The van der Waals surface area contributed by atoms with Gasteiger partial charge in [0.05, 0.1) is 24.5 Å². The van der Waals surface area contributed by atoms with E-state index in [4.69, 9.17) is 16.7 Å². The van der Waals surface area contributed by atoms with Crippen LogP contribution in [-0.4, -0.2) is 33.1 Å². The minimum absolute atomic E-state index is 0.129. The Kier molecular flexibility index (Phi) is 4.20. The van der Waals surface area contributed by atoms with E-state index < -0.39 is 5.54 Å². The Hall–Kier alpha value is -1.20. The van der Waals surface area contributed by atoms with Gasteiger partial charge >= 0.3 is 0 Å². The maximum Gasteiger partial charge on any atom is 0.271 e. The second kappa shape index (κ2) is 5.23. The lowest BCUT2D eigenvalue weighted by Gasteiger charge is -2.26. The van der Waals surface area contributed by atoms with E-state index in [9.17, 15) is 4.79 Å². The summed E-state index contributed by atoms with van der Waals surface area (Å²) in [4.78, 5) is 19.3. The molecule has 1 aromatic heterocycles. The van der Waals surface area contributed by atoms with Gasteiger partial charge in [-0.2, -0.15) is 0 Å². The van der Waals surface area contributed by atoms with Crippen LogP contribution in [0.3, 0.4) is 0 Å². The van der Waals surface area contributed by atoms with Gasteiger partial charge in [0.2, 0.25) is 0 Å².